The van der Waals surface area contributed by atoms with Crippen LogP contribution >= 0.6 is 22.6 Å². The summed E-state index contributed by atoms with van der Waals surface area (Å²) in [5.74, 6) is -0.399. The number of anilines is 1. The van der Waals surface area contributed by atoms with E-state index in [9.17, 15) is 22.8 Å². The number of piperidine rings is 1. The normalized spacial score (nSPS) is 23.1. The van der Waals surface area contributed by atoms with Crippen LogP contribution in [0, 0.1) is 0 Å². The van der Waals surface area contributed by atoms with E-state index in [-0.39, 0.29) is 18.9 Å². The van der Waals surface area contributed by atoms with Gasteiger partial charge in [0.2, 0.25) is 0 Å². The van der Waals surface area contributed by atoms with Crippen LogP contribution in [0.1, 0.15) is 41.6 Å². The molecule has 2 saturated heterocycles. The molecule has 3 aliphatic rings. The minimum Gasteiger partial charge on any atom is -0.489 e. The van der Waals surface area contributed by atoms with Crippen LogP contribution in [0.2, 0.25) is 0 Å². The molecule has 2 amide bonds. The molecule has 3 unspecified atom stereocenters. The van der Waals surface area contributed by atoms with Gasteiger partial charge in [-0.05, 0) is 66.5 Å². The van der Waals surface area contributed by atoms with Crippen molar-refractivity contribution in [1.29, 1.82) is 0 Å². The van der Waals surface area contributed by atoms with Crippen LogP contribution < -0.4 is 9.64 Å². The van der Waals surface area contributed by atoms with Crippen molar-refractivity contribution in [3.05, 3.63) is 88.3 Å². The van der Waals surface area contributed by atoms with Crippen molar-refractivity contribution >= 4 is 40.1 Å². The molecule has 3 heterocycles. The Morgan fingerprint density at radius 1 is 1.12 bits per heavy atom. The van der Waals surface area contributed by atoms with Gasteiger partial charge < -0.3 is 28.9 Å². The molecule has 0 spiro atoms. The van der Waals surface area contributed by atoms with Crippen molar-refractivity contribution in [3.63, 3.8) is 0 Å². The number of para-hydroxylation sites is 2. The summed E-state index contributed by atoms with van der Waals surface area (Å²) in [5.41, 5.74) is -2.23. The van der Waals surface area contributed by atoms with E-state index < -0.39 is 41.0 Å². The maximum absolute atomic E-state index is 14.9. The first-order valence-electron chi connectivity index (χ1n) is 16.0. The number of piperazine rings is 1. The third kappa shape index (κ3) is 7.89. The standard InChI is InChI=1S/C35H40F3IN4O5/c1-3-7-31-34(48-26-12-10-25(39)11-13-26,15-6-17-43(31)32(44)27-24-40-16-14-28(27)35(36,37)38)33(45)42-20-18-41(19-21-42)29-8-4-5-9-30(29)47-23-22-46-2/h3-5,8-12,14,16,24,26,31H,1,6-7,13,15,17-23H2,2H3. The Labute approximate surface area is 292 Å². The monoisotopic (exact) mass is 780 g/mol. The molecule has 1 aromatic heterocycles. The van der Waals surface area contributed by atoms with Crippen molar-refractivity contribution in [2.75, 3.05) is 57.9 Å². The SMILES string of the molecule is C=CCC1N(C(=O)c2cnccc2C(F)(F)F)CCCC1(OC1C=CC(I)=CC1)C(=O)N1CCN(c2ccccc2OCCOC)CC1. The Kier molecular flexibility index (Phi) is 11.8. The van der Waals surface area contributed by atoms with E-state index in [1.54, 1.807) is 18.1 Å². The van der Waals surface area contributed by atoms with Gasteiger partial charge in [-0.3, -0.25) is 14.6 Å². The zero-order valence-corrected chi connectivity index (χ0v) is 29.0. The molecule has 0 saturated carbocycles. The largest absolute Gasteiger partial charge is 0.489 e. The lowest BCUT2D eigenvalue weighted by Crippen LogP contribution is -2.68. The van der Waals surface area contributed by atoms with E-state index >= 15 is 0 Å². The number of amides is 2. The van der Waals surface area contributed by atoms with Gasteiger partial charge in [0.25, 0.3) is 11.8 Å². The van der Waals surface area contributed by atoms with Gasteiger partial charge in [-0.1, -0.05) is 36.4 Å². The molecular formula is C35H40F3IN4O5. The van der Waals surface area contributed by atoms with E-state index in [0.29, 0.717) is 58.7 Å². The molecule has 0 N–H and O–H groups in total. The number of carbonyl (C=O) groups is 2. The molecule has 5 rings (SSSR count). The number of hydrogen-bond acceptors (Lipinski definition) is 7. The number of methoxy groups -OCH3 is 1. The first-order chi connectivity index (χ1) is 23.1. The second-order valence-electron chi connectivity index (χ2n) is 11.9. The molecular weight excluding hydrogens is 740 g/mol. The van der Waals surface area contributed by atoms with Crippen LogP contribution in [0.5, 0.6) is 5.75 Å². The highest BCUT2D eigenvalue weighted by Crippen LogP contribution is 2.41. The number of hydrogen-bond donors (Lipinski definition) is 0. The highest BCUT2D eigenvalue weighted by molar-refractivity contribution is 14.1. The van der Waals surface area contributed by atoms with E-state index in [0.717, 1.165) is 33.5 Å². The predicted molar refractivity (Wildman–Crippen MR) is 184 cm³/mol. The summed E-state index contributed by atoms with van der Waals surface area (Å²) in [6.45, 7) is 6.71. The van der Waals surface area contributed by atoms with Crippen LogP contribution in [0.25, 0.3) is 0 Å². The average Bonchev–Trinajstić information content (AvgIpc) is 3.09. The third-order valence-electron chi connectivity index (χ3n) is 8.93. The van der Waals surface area contributed by atoms with Gasteiger partial charge in [0.1, 0.15) is 12.4 Å². The minimum atomic E-state index is -4.76. The summed E-state index contributed by atoms with van der Waals surface area (Å²) in [6, 6.07) is 7.63. The molecule has 9 nitrogen and oxygen atoms in total. The van der Waals surface area contributed by atoms with Gasteiger partial charge in [0, 0.05) is 55.8 Å². The average molecular weight is 781 g/mol. The molecule has 0 bridgehead atoms. The molecule has 3 atom stereocenters. The van der Waals surface area contributed by atoms with Gasteiger partial charge in [-0.25, -0.2) is 0 Å². The Hall–Kier alpha value is -3.43. The molecule has 0 radical (unpaired) electrons. The number of rotatable bonds is 11. The van der Waals surface area contributed by atoms with E-state index in [1.807, 2.05) is 42.5 Å². The molecule has 48 heavy (non-hydrogen) atoms. The molecule has 258 valence electrons. The second kappa shape index (κ2) is 15.9. The van der Waals surface area contributed by atoms with Gasteiger partial charge in [-0.2, -0.15) is 13.2 Å². The molecule has 1 aliphatic carbocycles. The number of alkyl halides is 3. The van der Waals surface area contributed by atoms with Crippen LogP contribution in [-0.4, -0.2) is 97.4 Å². The molecule has 13 heteroatoms. The summed E-state index contributed by atoms with van der Waals surface area (Å²) in [6.07, 6.45) is 5.48. The van der Waals surface area contributed by atoms with E-state index in [4.69, 9.17) is 14.2 Å². The lowest BCUT2D eigenvalue weighted by atomic mass is 9.79. The molecule has 1 aromatic carbocycles. The maximum Gasteiger partial charge on any atom is 0.417 e. The Bertz CT molecular complexity index is 1530. The Morgan fingerprint density at radius 2 is 1.90 bits per heavy atom. The number of ether oxygens (including phenoxy) is 3. The molecule has 2 aliphatic heterocycles. The smallest absolute Gasteiger partial charge is 0.417 e. The fourth-order valence-electron chi connectivity index (χ4n) is 6.63. The summed E-state index contributed by atoms with van der Waals surface area (Å²) in [7, 11) is 1.61. The first kappa shape index (κ1) is 35.9. The number of aromatic nitrogens is 1. The zero-order chi connectivity index (χ0) is 34.3. The second-order valence-corrected chi connectivity index (χ2v) is 13.1. The number of likely N-dealkylation sites (tertiary alicyclic amines) is 1. The maximum atomic E-state index is 14.9. The number of pyridine rings is 1. The quantitative estimate of drug-likeness (QED) is 0.156. The number of halogens is 4. The lowest BCUT2D eigenvalue weighted by molar-refractivity contribution is -0.182. The molecule has 2 aromatic rings. The van der Waals surface area contributed by atoms with Crippen molar-refractivity contribution in [3.8, 4) is 5.75 Å². The van der Waals surface area contributed by atoms with E-state index in [2.05, 4.69) is 39.1 Å². The predicted octanol–water partition coefficient (Wildman–Crippen LogP) is 6.06. The number of carbonyl (C=O) groups excluding carboxylic acids is 2. The fraction of sp³-hybridized carbons (Fsp3) is 0.457. The third-order valence-corrected chi connectivity index (χ3v) is 9.73. The van der Waals surface area contributed by atoms with Crippen LogP contribution in [-0.2, 0) is 20.4 Å². The summed E-state index contributed by atoms with van der Waals surface area (Å²) in [5, 5.41) is 0. The van der Waals surface area contributed by atoms with Gasteiger partial charge in [-0.15, -0.1) is 6.58 Å². The van der Waals surface area contributed by atoms with Crippen molar-refractivity contribution in [2.45, 2.75) is 49.6 Å². The van der Waals surface area contributed by atoms with Crippen molar-refractivity contribution < 1.29 is 37.0 Å². The van der Waals surface area contributed by atoms with Crippen LogP contribution in [0.4, 0.5) is 18.9 Å². The number of nitrogens with zero attached hydrogens (tertiary/aromatic N) is 4. The Balaban J connectivity index is 1.45. The van der Waals surface area contributed by atoms with Gasteiger partial charge in [0.05, 0.1) is 35.6 Å². The summed E-state index contributed by atoms with van der Waals surface area (Å²) < 4.78 is 60.9. The van der Waals surface area contributed by atoms with Gasteiger partial charge in [0.15, 0.2) is 5.60 Å². The summed E-state index contributed by atoms with van der Waals surface area (Å²) >= 11 is 2.21. The lowest BCUT2D eigenvalue weighted by Gasteiger charge is -2.51. The fourth-order valence-corrected chi connectivity index (χ4v) is 7.10. The van der Waals surface area contributed by atoms with Gasteiger partial charge >= 0.3 is 6.18 Å². The summed E-state index contributed by atoms with van der Waals surface area (Å²) in [4.78, 5) is 38.0. The minimum absolute atomic E-state index is 0.148. The number of benzene rings is 1. The first-order valence-corrected chi connectivity index (χ1v) is 17.1. The van der Waals surface area contributed by atoms with Crippen LogP contribution in [0.15, 0.2) is 77.2 Å². The van der Waals surface area contributed by atoms with Crippen molar-refractivity contribution in [2.24, 2.45) is 0 Å². The number of allylic oxidation sites excluding steroid dienone is 2. The Morgan fingerprint density at radius 3 is 2.58 bits per heavy atom. The van der Waals surface area contributed by atoms with Crippen LogP contribution in [0.3, 0.4) is 0 Å². The highest BCUT2D eigenvalue weighted by Gasteiger charge is 2.55. The topological polar surface area (TPSA) is 84.4 Å². The molecule has 2 fully saturated rings. The van der Waals surface area contributed by atoms with Crippen molar-refractivity contribution in [1.82, 2.24) is 14.8 Å². The van der Waals surface area contributed by atoms with E-state index in [1.165, 1.54) is 4.90 Å². The highest BCUT2D eigenvalue weighted by atomic mass is 127. The zero-order valence-electron chi connectivity index (χ0n) is 26.8.